The normalized spacial score (nSPS) is 21.7. The SMILES string of the molecule is CC(C)=COCCCC1CCCCO1. The number of hydrogen-bond acceptors (Lipinski definition) is 2. The van der Waals surface area contributed by atoms with Gasteiger partial charge >= 0.3 is 0 Å². The van der Waals surface area contributed by atoms with Crippen LogP contribution in [0.25, 0.3) is 0 Å². The minimum Gasteiger partial charge on any atom is -0.501 e. The summed E-state index contributed by atoms with van der Waals surface area (Å²) < 4.78 is 11.0. The first kappa shape index (κ1) is 11.6. The lowest BCUT2D eigenvalue weighted by Crippen LogP contribution is -2.19. The van der Waals surface area contributed by atoms with Gasteiger partial charge in [-0.1, -0.05) is 0 Å². The topological polar surface area (TPSA) is 18.5 Å². The van der Waals surface area contributed by atoms with Crippen LogP contribution in [0.3, 0.4) is 0 Å². The maximum atomic E-state index is 5.63. The first-order valence-electron chi connectivity index (χ1n) is 5.65. The Bertz CT molecular complexity index is 165. The molecule has 1 aliphatic heterocycles. The Labute approximate surface area is 87.3 Å². The molecule has 82 valence electrons. The molecule has 1 unspecified atom stereocenters. The first-order chi connectivity index (χ1) is 6.79. The molecule has 0 aliphatic carbocycles. The molecule has 0 radical (unpaired) electrons. The van der Waals surface area contributed by atoms with Gasteiger partial charge in [-0.25, -0.2) is 0 Å². The molecule has 0 saturated carbocycles. The van der Waals surface area contributed by atoms with Gasteiger partial charge in [0.1, 0.15) is 0 Å². The predicted molar refractivity (Wildman–Crippen MR) is 58.2 cm³/mol. The molecule has 14 heavy (non-hydrogen) atoms. The van der Waals surface area contributed by atoms with Crippen molar-refractivity contribution in [2.75, 3.05) is 13.2 Å². The van der Waals surface area contributed by atoms with E-state index in [4.69, 9.17) is 9.47 Å². The second-order valence-corrected chi connectivity index (χ2v) is 4.20. The highest BCUT2D eigenvalue weighted by Gasteiger charge is 2.12. The molecule has 0 aromatic rings. The maximum Gasteiger partial charge on any atom is 0.0874 e. The Morgan fingerprint density at radius 3 is 2.93 bits per heavy atom. The fourth-order valence-electron chi connectivity index (χ4n) is 1.66. The second-order valence-electron chi connectivity index (χ2n) is 4.20. The van der Waals surface area contributed by atoms with Crippen LogP contribution in [0.2, 0.25) is 0 Å². The van der Waals surface area contributed by atoms with Gasteiger partial charge in [0.2, 0.25) is 0 Å². The summed E-state index contributed by atoms with van der Waals surface area (Å²) in [5.74, 6) is 0. The van der Waals surface area contributed by atoms with Crippen LogP contribution in [0.15, 0.2) is 11.8 Å². The molecule has 0 amide bonds. The van der Waals surface area contributed by atoms with E-state index in [1.54, 1.807) is 0 Å². The zero-order chi connectivity index (χ0) is 10.2. The van der Waals surface area contributed by atoms with Crippen LogP contribution in [0, 0.1) is 0 Å². The molecule has 0 N–H and O–H groups in total. The van der Waals surface area contributed by atoms with Gasteiger partial charge in [0.15, 0.2) is 0 Å². The van der Waals surface area contributed by atoms with E-state index in [0.29, 0.717) is 6.10 Å². The molecule has 2 heteroatoms. The quantitative estimate of drug-likeness (QED) is 0.498. The van der Waals surface area contributed by atoms with E-state index in [1.807, 2.05) is 20.1 Å². The molecule has 1 saturated heterocycles. The summed E-state index contributed by atoms with van der Waals surface area (Å²) in [5, 5.41) is 0. The van der Waals surface area contributed by atoms with Crippen molar-refractivity contribution in [3.63, 3.8) is 0 Å². The van der Waals surface area contributed by atoms with Crippen molar-refractivity contribution in [1.29, 1.82) is 0 Å². The molecule has 2 nitrogen and oxygen atoms in total. The Morgan fingerprint density at radius 2 is 2.29 bits per heavy atom. The van der Waals surface area contributed by atoms with Crippen LogP contribution >= 0.6 is 0 Å². The number of allylic oxidation sites excluding steroid dienone is 1. The molecule has 1 heterocycles. The summed E-state index contributed by atoms with van der Waals surface area (Å²) in [6.07, 6.45) is 8.40. The molecule has 1 rings (SSSR count). The van der Waals surface area contributed by atoms with E-state index in [2.05, 4.69) is 0 Å². The molecular weight excluding hydrogens is 176 g/mol. The second kappa shape index (κ2) is 6.88. The molecule has 0 bridgehead atoms. The van der Waals surface area contributed by atoms with Gasteiger partial charge in [-0.15, -0.1) is 0 Å². The van der Waals surface area contributed by atoms with Crippen LogP contribution < -0.4 is 0 Å². The fraction of sp³-hybridized carbons (Fsp3) is 0.833. The highest BCUT2D eigenvalue weighted by Crippen LogP contribution is 2.16. The summed E-state index contributed by atoms with van der Waals surface area (Å²) in [7, 11) is 0. The third-order valence-electron chi connectivity index (χ3n) is 2.38. The average Bonchev–Trinajstić information content (AvgIpc) is 2.18. The van der Waals surface area contributed by atoms with Gasteiger partial charge in [-0.2, -0.15) is 0 Å². The van der Waals surface area contributed by atoms with Crippen LogP contribution in [0.1, 0.15) is 46.0 Å². The lowest BCUT2D eigenvalue weighted by molar-refractivity contribution is 0.00731. The van der Waals surface area contributed by atoms with Crippen LogP contribution in [0.4, 0.5) is 0 Å². The van der Waals surface area contributed by atoms with Gasteiger partial charge in [0.25, 0.3) is 0 Å². The molecular formula is C12H22O2. The Kier molecular flexibility index (Phi) is 5.69. The Morgan fingerprint density at radius 1 is 1.43 bits per heavy atom. The first-order valence-corrected chi connectivity index (χ1v) is 5.65. The molecule has 0 aromatic carbocycles. The van der Waals surface area contributed by atoms with Crippen molar-refractivity contribution in [2.24, 2.45) is 0 Å². The van der Waals surface area contributed by atoms with E-state index in [1.165, 1.54) is 24.8 Å². The molecule has 1 aliphatic rings. The smallest absolute Gasteiger partial charge is 0.0874 e. The summed E-state index contributed by atoms with van der Waals surface area (Å²) in [6, 6.07) is 0. The molecule has 1 fully saturated rings. The van der Waals surface area contributed by atoms with E-state index >= 15 is 0 Å². The Hall–Kier alpha value is -0.500. The van der Waals surface area contributed by atoms with Crippen molar-refractivity contribution in [2.45, 2.75) is 52.1 Å². The largest absolute Gasteiger partial charge is 0.501 e. The van der Waals surface area contributed by atoms with Crippen molar-refractivity contribution >= 4 is 0 Å². The van der Waals surface area contributed by atoms with E-state index in [-0.39, 0.29) is 0 Å². The molecule has 0 spiro atoms. The average molecular weight is 198 g/mol. The van der Waals surface area contributed by atoms with Crippen molar-refractivity contribution in [3.8, 4) is 0 Å². The van der Waals surface area contributed by atoms with E-state index < -0.39 is 0 Å². The number of ether oxygens (including phenoxy) is 2. The van der Waals surface area contributed by atoms with Crippen LogP contribution in [0.5, 0.6) is 0 Å². The number of rotatable bonds is 5. The van der Waals surface area contributed by atoms with Gasteiger partial charge < -0.3 is 9.47 Å². The predicted octanol–water partition coefficient (Wildman–Crippen LogP) is 3.28. The number of hydrogen-bond donors (Lipinski definition) is 0. The summed E-state index contributed by atoms with van der Waals surface area (Å²) in [5.41, 5.74) is 1.22. The molecule has 0 aromatic heterocycles. The zero-order valence-corrected chi connectivity index (χ0v) is 9.42. The lowest BCUT2D eigenvalue weighted by atomic mass is 10.1. The van der Waals surface area contributed by atoms with Gasteiger partial charge in [0.05, 0.1) is 19.0 Å². The van der Waals surface area contributed by atoms with E-state index in [0.717, 1.165) is 26.1 Å². The highest BCUT2D eigenvalue weighted by atomic mass is 16.5. The minimum absolute atomic E-state index is 0.499. The standard InChI is InChI=1S/C12H22O2/c1-11(2)10-13-8-5-7-12-6-3-4-9-14-12/h10,12H,3-9H2,1-2H3. The fourth-order valence-corrected chi connectivity index (χ4v) is 1.66. The highest BCUT2D eigenvalue weighted by molar-refractivity contribution is 4.86. The zero-order valence-electron chi connectivity index (χ0n) is 9.42. The molecule has 1 atom stereocenters. The third kappa shape index (κ3) is 5.28. The summed E-state index contributed by atoms with van der Waals surface area (Å²) >= 11 is 0. The Balaban J connectivity index is 1.95. The van der Waals surface area contributed by atoms with Crippen LogP contribution in [-0.4, -0.2) is 19.3 Å². The van der Waals surface area contributed by atoms with Gasteiger partial charge in [0, 0.05) is 6.61 Å². The van der Waals surface area contributed by atoms with Gasteiger partial charge in [-0.05, 0) is 51.5 Å². The van der Waals surface area contributed by atoms with Gasteiger partial charge in [-0.3, -0.25) is 0 Å². The van der Waals surface area contributed by atoms with Crippen molar-refractivity contribution in [1.82, 2.24) is 0 Å². The summed E-state index contributed by atoms with van der Waals surface area (Å²) in [6.45, 7) is 5.87. The van der Waals surface area contributed by atoms with E-state index in [9.17, 15) is 0 Å². The summed E-state index contributed by atoms with van der Waals surface area (Å²) in [4.78, 5) is 0. The van der Waals surface area contributed by atoms with Crippen molar-refractivity contribution in [3.05, 3.63) is 11.8 Å². The van der Waals surface area contributed by atoms with Crippen LogP contribution in [-0.2, 0) is 9.47 Å². The minimum atomic E-state index is 0.499. The third-order valence-corrected chi connectivity index (χ3v) is 2.38. The van der Waals surface area contributed by atoms with Crippen molar-refractivity contribution < 1.29 is 9.47 Å². The lowest BCUT2D eigenvalue weighted by Gasteiger charge is -2.22. The monoisotopic (exact) mass is 198 g/mol. The maximum absolute atomic E-state index is 5.63.